The summed E-state index contributed by atoms with van der Waals surface area (Å²) in [5.41, 5.74) is 1.04. The molecule has 9 nitrogen and oxygen atoms in total. The number of carbonyl (C=O) groups excluding carboxylic acids is 2. The van der Waals surface area contributed by atoms with Gasteiger partial charge in [0.1, 0.15) is 0 Å². The molecule has 0 aliphatic carbocycles. The van der Waals surface area contributed by atoms with Gasteiger partial charge in [0.2, 0.25) is 5.91 Å². The number of nitrogens with zero attached hydrogens (tertiary/aromatic N) is 1. The van der Waals surface area contributed by atoms with Gasteiger partial charge < -0.3 is 19.5 Å². The Morgan fingerprint density at radius 3 is 2.47 bits per heavy atom. The van der Waals surface area contributed by atoms with Crippen molar-refractivity contribution in [2.45, 2.75) is 12.5 Å². The zero-order valence-corrected chi connectivity index (χ0v) is 16.8. The van der Waals surface area contributed by atoms with Crippen molar-refractivity contribution < 1.29 is 28.7 Å². The number of amides is 1. The molecular formula is C21H22N2O7. The predicted molar refractivity (Wildman–Crippen MR) is 109 cm³/mol. The van der Waals surface area contributed by atoms with E-state index in [0.29, 0.717) is 22.6 Å². The summed E-state index contributed by atoms with van der Waals surface area (Å²) in [7, 11) is 4.25. The number of nitro benzene ring substituents is 1. The molecular weight excluding hydrogens is 392 g/mol. The van der Waals surface area contributed by atoms with Crippen LogP contribution >= 0.6 is 0 Å². The molecule has 2 aromatic carbocycles. The highest BCUT2D eigenvalue weighted by atomic mass is 16.6. The van der Waals surface area contributed by atoms with Crippen molar-refractivity contribution in [3.05, 3.63) is 69.8 Å². The molecule has 158 valence electrons. The highest BCUT2D eigenvalue weighted by Crippen LogP contribution is 2.31. The van der Waals surface area contributed by atoms with Crippen LogP contribution in [0.3, 0.4) is 0 Å². The molecule has 0 radical (unpaired) electrons. The molecule has 0 heterocycles. The van der Waals surface area contributed by atoms with Crippen molar-refractivity contribution in [3.8, 4) is 11.5 Å². The average molecular weight is 414 g/mol. The number of rotatable bonds is 9. The Kier molecular flexibility index (Phi) is 7.92. The van der Waals surface area contributed by atoms with Gasteiger partial charge in [0.15, 0.2) is 11.5 Å². The molecule has 0 aliphatic heterocycles. The fraction of sp³-hybridized carbons (Fsp3) is 0.238. The van der Waals surface area contributed by atoms with Gasteiger partial charge in [-0.1, -0.05) is 18.2 Å². The van der Waals surface area contributed by atoms with Crippen LogP contribution in [0.5, 0.6) is 11.5 Å². The third kappa shape index (κ3) is 6.06. The minimum Gasteiger partial charge on any atom is -0.493 e. The second-order valence-corrected chi connectivity index (χ2v) is 6.14. The van der Waals surface area contributed by atoms with Gasteiger partial charge in [-0.25, -0.2) is 0 Å². The number of hydrogen-bond donors (Lipinski definition) is 1. The van der Waals surface area contributed by atoms with Crippen LogP contribution in [0.2, 0.25) is 0 Å². The number of nitrogens with one attached hydrogen (secondary N) is 1. The number of non-ortho nitro benzene ring substituents is 1. The van der Waals surface area contributed by atoms with Crippen LogP contribution in [0.25, 0.3) is 6.08 Å². The average Bonchev–Trinajstić information content (AvgIpc) is 2.76. The lowest BCUT2D eigenvalue weighted by atomic mass is 10.0. The fourth-order valence-corrected chi connectivity index (χ4v) is 2.71. The van der Waals surface area contributed by atoms with Gasteiger partial charge in [-0.15, -0.1) is 0 Å². The Morgan fingerprint density at radius 2 is 1.83 bits per heavy atom. The van der Waals surface area contributed by atoms with Gasteiger partial charge in [0.25, 0.3) is 5.69 Å². The van der Waals surface area contributed by atoms with Gasteiger partial charge in [-0.2, -0.15) is 0 Å². The third-order valence-electron chi connectivity index (χ3n) is 4.23. The molecule has 30 heavy (non-hydrogen) atoms. The van der Waals surface area contributed by atoms with Crippen molar-refractivity contribution in [3.63, 3.8) is 0 Å². The maximum Gasteiger partial charge on any atom is 0.307 e. The van der Waals surface area contributed by atoms with Crippen LogP contribution in [0.15, 0.2) is 48.5 Å². The first-order valence-corrected chi connectivity index (χ1v) is 8.89. The van der Waals surface area contributed by atoms with Gasteiger partial charge in [-0.05, 0) is 29.3 Å². The van der Waals surface area contributed by atoms with E-state index in [4.69, 9.17) is 14.2 Å². The van der Waals surface area contributed by atoms with E-state index in [1.54, 1.807) is 24.3 Å². The van der Waals surface area contributed by atoms with E-state index in [1.807, 2.05) is 0 Å². The van der Waals surface area contributed by atoms with Crippen LogP contribution in [0, 0.1) is 10.1 Å². The van der Waals surface area contributed by atoms with Crippen LogP contribution in [-0.2, 0) is 14.3 Å². The molecule has 9 heteroatoms. The first kappa shape index (κ1) is 22.4. The molecule has 0 spiro atoms. The molecule has 0 aliphatic rings. The molecule has 0 bridgehead atoms. The highest BCUT2D eigenvalue weighted by molar-refractivity contribution is 5.92. The molecule has 1 amide bonds. The van der Waals surface area contributed by atoms with Gasteiger partial charge in [0.05, 0.1) is 38.7 Å². The number of benzene rings is 2. The predicted octanol–water partition coefficient (Wildman–Crippen LogP) is 3.05. The van der Waals surface area contributed by atoms with E-state index < -0.39 is 22.8 Å². The first-order chi connectivity index (χ1) is 14.4. The number of esters is 1. The minimum atomic E-state index is -0.681. The Bertz CT molecular complexity index is 956. The quantitative estimate of drug-likeness (QED) is 0.290. The van der Waals surface area contributed by atoms with E-state index in [0.717, 1.165) is 0 Å². The topological polar surface area (TPSA) is 117 Å². The monoisotopic (exact) mass is 414 g/mol. The molecule has 0 aromatic heterocycles. The van der Waals surface area contributed by atoms with Crippen LogP contribution in [-0.4, -0.2) is 38.1 Å². The Hall–Kier alpha value is -3.88. The standard InChI is InChI=1S/C21H22N2O7/c1-28-18-9-8-15(12-19(18)29-2)17(13-21(25)30-3)22-20(24)10-7-14-5-4-6-16(11-14)23(26)27/h4-12,17H,13H2,1-3H3,(H,22,24)/b10-7+. The number of methoxy groups -OCH3 is 3. The van der Waals surface area contributed by atoms with Crippen molar-refractivity contribution in [1.29, 1.82) is 0 Å². The lowest BCUT2D eigenvalue weighted by Gasteiger charge is -2.19. The summed E-state index contributed by atoms with van der Waals surface area (Å²) in [6.45, 7) is 0. The smallest absolute Gasteiger partial charge is 0.307 e. The highest BCUT2D eigenvalue weighted by Gasteiger charge is 2.20. The number of nitro groups is 1. The van der Waals surface area contributed by atoms with Crippen LogP contribution in [0.1, 0.15) is 23.6 Å². The van der Waals surface area contributed by atoms with Gasteiger partial charge in [0, 0.05) is 18.2 Å². The summed E-state index contributed by atoms with van der Waals surface area (Å²) in [6.07, 6.45) is 2.60. The van der Waals surface area contributed by atoms with Crippen molar-refractivity contribution >= 4 is 23.6 Å². The van der Waals surface area contributed by atoms with E-state index in [2.05, 4.69) is 5.32 Å². The fourth-order valence-electron chi connectivity index (χ4n) is 2.71. The second-order valence-electron chi connectivity index (χ2n) is 6.14. The summed E-state index contributed by atoms with van der Waals surface area (Å²) in [4.78, 5) is 34.6. The maximum absolute atomic E-state index is 12.4. The molecule has 1 unspecified atom stereocenters. The molecule has 1 atom stereocenters. The first-order valence-electron chi connectivity index (χ1n) is 8.89. The van der Waals surface area contributed by atoms with Crippen molar-refractivity contribution in [2.75, 3.05) is 21.3 Å². The largest absolute Gasteiger partial charge is 0.493 e. The molecule has 2 aromatic rings. The molecule has 0 saturated heterocycles. The summed E-state index contributed by atoms with van der Waals surface area (Å²) >= 11 is 0. The summed E-state index contributed by atoms with van der Waals surface area (Å²) < 4.78 is 15.2. The second kappa shape index (κ2) is 10.6. The summed E-state index contributed by atoms with van der Waals surface area (Å²) in [5, 5.41) is 13.6. The molecule has 2 rings (SSSR count). The van der Waals surface area contributed by atoms with Gasteiger partial charge >= 0.3 is 5.97 Å². The lowest BCUT2D eigenvalue weighted by Crippen LogP contribution is -2.29. The van der Waals surface area contributed by atoms with E-state index in [-0.39, 0.29) is 12.1 Å². The normalized spacial score (nSPS) is 11.6. The Morgan fingerprint density at radius 1 is 1.10 bits per heavy atom. The van der Waals surface area contributed by atoms with Gasteiger partial charge in [-0.3, -0.25) is 19.7 Å². The zero-order chi connectivity index (χ0) is 22.1. The van der Waals surface area contributed by atoms with Crippen molar-refractivity contribution in [2.24, 2.45) is 0 Å². The van der Waals surface area contributed by atoms with E-state index in [1.165, 1.54) is 51.7 Å². The number of ether oxygens (including phenoxy) is 3. The minimum absolute atomic E-state index is 0.0774. The zero-order valence-electron chi connectivity index (χ0n) is 16.8. The number of carbonyl (C=O) groups is 2. The van der Waals surface area contributed by atoms with E-state index >= 15 is 0 Å². The SMILES string of the molecule is COC(=O)CC(NC(=O)/C=C/c1cccc([N+](=O)[O-])c1)c1ccc(OC)c(OC)c1. The maximum atomic E-state index is 12.4. The summed E-state index contributed by atoms with van der Waals surface area (Å²) in [5.74, 6) is -0.0239. The third-order valence-corrected chi connectivity index (χ3v) is 4.23. The summed E-state index contributed by atoms with van der Waals surface area (Å²) in [6, 6.07) is 10.2. The van der Waals surface area contributed by atoms with Crippen molar-refractivity contribution in [1.82, 2.24) is 5.32 Å². The number of hydrogen-bond acceptors (Lipinski definition) is 7. The van der Waals surface area contributed by atoms with E-state index in [9.17, 15) is 19.7 Å². The molecule has 0 fully saturated rings. The van der Waals surface area contributed by atoms with Crippen LogP contribution in [0.4, 0.5) is 5.69 Å². The molecule has 0 saturated carbocycles. The van der Waals surface area contributed by atoms with Crippen LogP contribution < -0.4 is 14.8 Å². The Balaban J connectivity index is 2.22. The lowest BCUT2D eigenvalue weighted by molar-refractivity contribution is -0.384. The molecule has 1 N–H and O–H groups in total. The Labute approximate surface area is 173 Å².